The van der Waals surface area contributed by atoms with Crippen LogP contribution in [-0.2, 0) is 7.05 Å². The van der Waals surface area contributed by atoms with E-state index in [0.717, 1.165) is 17.1 Å². The number of anilines is 2. The molecular formula is C14H21N5O. The van der Waals surface area contributed by atoms with Crippen LogP contribution in [-0.4, -0.2) is 20.3 Å². The molecule has 20 heavy (non-hydrogen) atoms. The largest absolute Gasteiger partial charge is 0.397 e. The number of nitrogens with one attached hydrogen (secondary N) is 1. The molecule has 2 rings (SSSR count). The zero-order valence-corrected chi connectivity index (χ0v) is 12.6. The van der Waals surface area contributed by atoms with Gasteiger partial charge in [-0.05, 0) is 33.8 Å². The van der Waals surface area contributed by atoms with Gasteiger partial charge in [0.25, 0.3) is 5.91 Å². The Morgan fingerprint density at radius 2 is 2.05 bits per heavy atom. The van der Waals surface area contributed by atoms with Gasteiger partial charge in [-0.3, -0.25) is 9.48 Å². The highest BCUT2D eigenvalue weighted by Crippen LogP contribution is 2.23. The lowest BCUT2D eigenvalue weighted by Crippen LogP contribution is -2.16. The molecule has 2 aromatic rings. The fourth-order valence-electron chi connectivity index (χ4n) is 2.34. The number of rotatable bonds is 3. The van der Waals surface area contributed by atoms with Crippen LogP contribution < -0.4 is 11.1 Å². The third-order valence-electron chi connectivity index (χ3n) is 3.31. The Hall–Kier alpha value is -2.24. The number of hydrogen-bond acceptors (Lipinski definition) is 3. The Kier molecular flexibility index (Phi) is 3.57. The molecule has 3 N–H and O–H groups in total. The average Bonchev–Trinajstić information content (AvgIpc) is 2.82. The number of nitrogens with two attached hydrogens (primary N) is 1. The summed E-state index contributed by atoms with van der Waals surface area (Å²) < 4.78 is 3.62. The Bertz CT molecular complexity index is 651. The number of aryl methyl sites for hydroxylation is 2. The van der Waals surface area contributed by atoms with Crippen LogP contribution >= 0.6 is 0 Å². The molecule has 2 aromatic heterocycles. The predicted octanol–water partition coefficient (Wildman–Crippen LogP) is 2.25. The molecule has 0 aliphatic carbocycles. The van der Waals surface area contributed by atoms with Gasteiger partial charge in [-0.15, -0.1) is 0 Å². The van der Waals surface area contributed by atoms with Crippen molar-refractivity contribution in [2.24, 2.45) is 7.05 Å². The summed E-state index contributed by atoms with van der Waals surface area (Å²) in [5.41, 5.74) is 9.33. The molecule has 0 unspecified atom stereocenters. The molecular weight excluding hydrogens is 254 g/mol. The van der Waals surface area contributed by atoms with Gasteiger partial charge in [0.1, 0.15) is 5.69 Å². The van der Waals surface area contributed by atoms with Crippen LogP contribution in [0.4, 0.5) is 11.4 Å². The third kappa shape index (κ3) is 2.41. The number of carbonyl (C=O) groups excluding carboxylic acids is 1. The monoisotopic (exact) mass is 275 g/mol. The van der Waals surface area contributed by atoms with E-state index in [0.29, 0.717) is 11.4 Å². The van der Waals surface area contributed by atoms with E-state index in [1.165, 1.54) is 0 Å². The Morgan fingerprint density at radius 3 is 2.50 bits per heavy atom. The summed E-state index contributed by atoms with van der Waals surface area (Å²) in [5, 5.41) is 7.38. The van der Waals surface area contributed by atoms with Gasteiger partial charge in [-0.2, -0.15) is 5.10 Å². The third-order valence-corrected chi connectivity index (χ3v) is 3.31. The lowest BCUT2D eigenvalue weighted by atomic mass is 10.3. The smallest absolute Gasteiger partial charge is 0.272 e. The van der Waals surface area contributed by atoms with Crippen molar-refractivity contribution in [2.75, 3.05) is 11.1 Å². The van der Waals surface area contributed by atoms with Crippen LogP contribution in [0, 0.1) is 13.8 Å². The van der Waals surface area contributed by atoms with E-state index in [1.54, 1.807) is 23.9 Å². The number of nitrogen functional groups attached to an aromatic ring is 1. The number of hydrogen-bond donors (Lipinski definition) is 2. The molecule has 2 heterocycles. The van der Waals surface area contributed by atoms with Gasteiger partial charge in [0, 0.05) is 19.3 Å². The highest BCUT2D eigenvalue weighted by atomic mass is 16.2. The number of aromatic nitrogens is 3. The topological polar surface area (TPSA) is 77.9 Å². The summed E-state index contributed by atoms with van der Waals surface area (Å²) in [4.78, 5) is 12.3. The molecule has 0 saturated carbocycles. The SMILES string of the molecule is Cc1nn(C(C)C)c(C)c1NC(=O)c1cc(N)cn1C. The van der Waals surface area contributed by atoms with E-state index in [9.17, 15) is 4.79 Å². The zero-order chi connectivity index (χ0) is 15.0. The van der Waals surface area contributed by atoms with Gasteiger partial charge >= 0.3 is 0 Å². The Labute approximate surface area is 118 Å². The molecule has 0 atom stereocenters. The van der Waals surface area contributed by atoms with Crippen molar-refractivity contribution in [3.05, 3.63) is 29.3 Å². The lowest BCUT2D eigenvalue weighted by Gasteiger charge is -2.09. The molecule has 0 spiro atoms. The second kappa shape index (κ2) is 5.03. The summed E-state index contributed by atoms with van der Waals surface area (Å²) in [6.07, 6.45) is 1.71. The van der Waals surface area contributed by atoms with Gasteiger partial charge in [-0.1, -0.05) is 0 Å². The fraction of sp³-hybridized carbons (Fsp3) is 0.429. The minimum atomic E-state index is -0.182. The number of nitrogens with zero attached hydrogens (tertiary/aromatic N) is 3. The van der Waals surface area contributed by atoms with Crippen LogP contribution in [0.1, 0.15) is 41.8 Å². The minimum absolute atomic E-state index is 0.182. The van der Waals surface area contributed by atoms with Gasteiger partial charge in [0.2, 0.25) is 0 Å². The molecule has 0 aliphatic heterocycles. The fourth-order valence-corrected chi connectivity index (χ4v) is 2.34. The van der Waals surface area contributed by atoms with Gasteiger partial charge in [-0.25, -0.2) is 0 Å². The van der Waals surface area contributed by atoms with Crippen molar-refractivity contribution in [1.82, 2.24) is 14.3 Å². The first kappa shape index (κ1) is 14.2. The highest BCUT2D eigenvalue weighted by molar-refractivity contribution is 6.04. The minimum Gasteiger partial charge on any atom is -0.397 e. The van der Waals surface area contributed by atoms with Crippen LogP contribution in [0.3, 0.4) is 0 Å². The van der Waals surface area contributed by atoms with Crippen molar-refractivity contribution >= 4 is 17.3 Å². The highest BCUT2D eigenvalue weighted by Gasteiger charge is 2.18. The summed E-state index contributed by atoms with van der Waals surface area (Å²) >= 11 is 0. The van der Waals surface area contributed by atoms with Crippen molar-refractivity contribution < 1.29 is 4.79 Å². The molecule has 0 fully saturated rings. The molecule has 6 nitrogen and oxygen atoms in total. The lowest BCUT2D eigenvalue weighted by molar-refractivity contribution is 0.101. The molecule has 0 aliphatic rings. The van der Waals surface area contributed by atoms with Crippen LogP contribution in [0.2, 0.25) is 0 Å². The number of carbonyl (C=O) groups is 1. The molecule has 0 saturated heterocycles. The molecule has 108 valence electrons. The maximum absolute atomic E-state index is 12.3. The standard InChI is InChI=1S/C14H21N5O/c1-8(2)19-10(4)13(9(3)17-19)16-14(20)12-6-11(15)7-18(12)5/h6-8H,15H2,1-5H3,(H,16,20). The molecule has 0 radical (unpaired) electrons. The van der Waals surface area contributed by atoms with Crippen molar-refractivity contribution in [3.8, 4) is 0 Å². The van der Waals surface area contributed by atoms with Crippen molar-refractivity contribution in [2.45, 2.75) is 33.7 Å². The molecule has 1 amide bonds. The number of amides is 1. The van der Waals surface area contributed by atoms with E-state index in [4.69, 9.17) is 5.73 Å². The zero-order valence-electron chi connectivity index (χ0n) is 12.6. The van der Waals surface area contributed by atoms with Gasteiger partial charge in [0.15, 0.2) is 0 Å². The van der Waals surface area contributed by atoms with Crippen LogP contribution in [0.5, 0.6) is 0 Å². The second-order valence-electron chi connectivity index (χ2n) is 5.31. The van der Waals surface area contributed by atoms with E-state index in [1.807, 2.05) is 18.5 Å². The average molecular weight is 275 g/mol. The van der Waals surface area contributed by atoms with Crippen LogP contribution in [0.25, 0.3) is 0 Å². The van der Waals surface area contributed by atoms with E-state index in [2.05, 4.69) is 24.3 Å². The first-order valence-corrected chi connectivity index (χ1v) is 6.60. The summed E-state index contributed by atoms with van der Waals surface area (Å²) in [7, 11) is 1.79. The first-order valence-electron chi connectivity index (χ1n) is 6.60. The maximum Gasteiger partial charge on any atom is 0.272 e. The second-order valence-corrected chi connectivity index (χ2v) is 5.31. The Balaban J connectivity index is 2.31. The van der Waals surface area contributed by atoms with Gasteiger partial charge in [0.05, 0.1) is 22.8 Å². The molecule has 6 heteroatoms. The molecule has 0 bridgehead atoms. The summed E-state index contributed by atoms with van der Waals surface area (Å²) in [6, 6.07) is 1.91. The normalized spacial score (nSPS) is 11.1. The molecule has 0 aromatic carbocycles. The van der Waals surface area contributed by atoms with Crippen molar-refractivity contribution in [1.29, 1.82) is 0 Å². The van der Waals surface area contributed by atoms with E-state index < -0.39 is 0 Å². The first-order chi connectivity index (χ1) is 9.31. The van der Waals surface area contributed by atoms with E-state index >= 15 is 0 Å². The maximum atomic E-state index is 12.3. The predicted molar refractivity (Wildman–Crippen MR) is 79.9 cm³/mol. The quantitative estimate of drug-likeness (QED) is 0.901. The van der Waals surface area contributed by atoms with Gasteiger partial charge < -0.3 is 15.6 Å². The Morgan fingerprint density at radius 1 is 1.40 bits per heavy atom. The summed E-state index contributed by atoms with van der Waals surface area (Å²) in [6.45, 7) is 7.96. The van der Waals surface area contributed by atoms with E-state index in [-0.39, 0.29) is 11.9 Å². The van der Waals surface area contributed by atoms with Crippen molar-refractivity contribution in [3.63, 3.8) is 0 Å². The van der Waals surface area contributed by atoms with Crippen LogP contribution in [0.15, 0.2) is 12.3 Å². The summed E-state index contributed by atoms with van der Waals surface area (Å²) in [5.74, 6) is -0.182.